The topological polar surface area (TPSA) is 17.1 Å². The van der Waals surface area contributed by atoms with Crippen molar-refractivity contribution in [2.45, 2.75) is 33.1 Å². The van der Waals surface area contributed by atoms with Gasteiger partial charge >= 0.3 is 0 Å². The molecule has 0 aromatic carbocycles. The molecule has 3 aliphatic rings. The Morgan fingerprint density at radius 1 is 1.58 bits per heavy atom. The lowest BCUT2D eigenvalue weighted by atomic mass is 9.39. The summed E-state index contributed by atoms with van der Waals surface area (Å²) in [5, 5.41) is 0. The van der Waals surface area contributed by atoms with Gasteiger partial charge in [0, 0.05) is 5.92 Å². The van der Waals surface area contributed by atoms with Crippen LogP contribution in [0.25, 0.3) is 0 Å². The van der Waals surface area contributed by atoms with Crippen LogP contribution in [0.3, 0.4) is 0 Å². The van der Waals surface area contributed by atoms with Crippen molar-refractivity contribution in [2.75, 3.05) is 0 Å². The maximum absolute atomic E-state index is 11.7. The molecule has 12 heavy (non-hydrogen) atoms. The molecule has 3 aliphatic carbocycles. The highest BCUT2D eigenvalue weighted by Crippen LogP contribution is 2.65. The second kappa shape index (κ2) is 2.01. The summed E-state index contributed by atoms with van der Waals surface area (Å²) in [4.78, 5) is 11.7. The van der Waals surface area contributed by atoms with Crippen molar-refractivity contribution < 1.29 is 4.79 Å². The molecular formula is C11H16O. The van der Waals surface area contributed by atoms with E-state index in [2.05, 4.69) is 20.4 Å². The first-order valence-corrected chi connectivity index (χ1v) is 4.74. The van der Waals surface area contributed by atoms with Crippen molar-refractivity contribution in [2.24, 2.45) is 16.7 Å². The van der Waals surface area contributed by atoms with Gasteiger partial charge in [-0.1, -0.05) is 26.3 Å². The zero-order valence-corrected chi connectivity index (χ0v) is 7.89. The average Bonchev–Trinajstić information content (AvgIpc) is 2.05. The van der Waals surface area contributed by atoms with E-state index >= 15 is 0 Å². The Hall–Kier alpha value is -0.590. The molecule has 3 saturated carbocycles. The third-order valence-corrected chi connectivity index (χ3v) is 4.19. The highest BCUT2D eigenvalue weighted by atomic mass is 16.1. The van der Waals surface area contributed by atoms with Crippen LogP contribution < -0.4 is 0 Å². The third-order valence-electron chi connectivity index (χ3n) is 4.19. The Kier molecular flexibility index (Phi) is 1.35. The van der Waals surface area contributed by atoms with E-state index in [1.807, 2.05) is 6.08 Å². The van der Waals surface area contributed by atoms with Crippen LogP contribution in [-0.2, 0) is 4.79 Å². The number of fused-ring (bicyclic) bond motifs is 2. The monoisotopic (exact) mass is 164 g/mol. The predicted octanol–water partition coefficient (Wildman–Crippen LogP) is 2.57. The SMILES string of the molecule is C=C[C@]12CCC[C@H](C1=O)C2(C)C. The molecule has 0 unspecified atom stereocenters. The molecule has 0 radical (unpaired) electrons. The number of Topliss-reactive ketones (excluding diaryl/α,β-unsaturated/α-hetero) is 1. The molecule has 2 atom stereocenters. The summed E-state index contributed by atoms with van der Waals surface area (Å²) in [7, 11) is 0. The van der Waals surface area contributed by atoms with Crippen LogP contribution in [0.1, 0.15) is 33.1 Å². The summed E-state index contributed by atoms with van der Waals surface area (Å²) in [6.45, 7) is 8.24. The van der Waals surface area contributed by atoms with Crippen LogP contribution in [0.5, 0.6) is 0 Å². The quantitative estimate of drug-likeness (QED) is 0.544. The van der Waals surface area contributed by atoms with Gasteiger partial charge < -0.3 is 0 Å². The van der Waals surface area contributed by atoms with Crippen molar-refractivity contribution in [3.05, 3.63) is 12.7 Å². The largest absolute Gasteiger partial charge is 0.298 e. The number of hydrogen-bond acceptors (Lipinski definition) is 1. The lowest BCUT2D eigenvalue weighted by Gasteiger charge is -2.62. The van der Waals surface area contributed by atoms with Gasteiger partial charge in [-0.2, -0.15) is 0 Å². The van der Waals surface area contributed by atoms with Gasteiger partial charge in [0.2, 0.25) is 0 Å². The van der Waals surface area contributed by atoms with Crippen molar-refractivity contribution in [3.63, 3.8) is 0 Å². The highest BCUT2D eigenvalue weighted by Gasteiger charge is 2.66. The molecule has 3 fully saturated rings. The first-order valence-electron chi connectivity index (χ1n) is 4.74. The minimum Gasteiger partial charge on any atom is -0.298 e. The summed E-state index contributed by atoms with van der Waals surface area (Å²) >= 11 is 0. The zero-order chi connectivity index (χ0) is 8.98. The third kappa shape index (κ3) is 0.562. The van der Waals surface area contributed by atoms with Crippen LogP contribution in [0, 0.1) is 16.7 Å². The van der Waals surface area contributed by atoms with Crippen molar-refractivity contribution in [1.29, 1.82) is 0 Å². The standard InChI is InChI=1S/C11H16O/c1-4-11-7-5-6-8(9(11)12)10(11,2)3/h4,8H,1,5-7H2,2-3H3/t8-,11+/m1/s1. The van der Waals surface area contributed by atoms with Crippen LogP contribution in [-0.4, -0.2) is 5.78 Å². The van der Waals surface area contributed by atoms with Crippen LogP contribution in [0.4, 0.5) is 0 Å². The fourth-order valence-electron chi connectivity index (χ4n) is 3.18. The lowest BCUT2D eigenvalue weighted by Crippen LogP contribution is -2.65. The highest BCUT2D eigenvalue weighted by molar-refractivity contribution is 5.97. The molecular weight excluding hydrogens is 148 g/mol. The molecule has 0 amide bonds. The lowest BCUT2D eigenvalue weighted by molar-refractivity contribution is -0.174. The van der Waals surface area contributed by atoms with Gasteiger partial charge in [-0.15, -0.1) is 6.58 Å². The number of carbonyl (C=O) groups is 1. The summed E-state index contributed by atoms with van der Waals surface area (Å²) in [6.07, 6.45) is 5.22. The second-order valence-corrected chi connectivity index (χ2v) is 4.71. The van der Waals surface area contributed by atoms with E-state index in [0.717, 1.165) is 12.8 Å². The van der Waals surface area contributed by atoms with Gasteiger partial charge in [0.25, 0.3) is 0 Å². The van der Waals surface area contributed by atoms with E-state index in [0.29, 0.717) is 11.7 Å². The summed E-state index contributed by atoms with van der Waals surface area (Å²) in [5.41, 5.74) is 0.0278. The van der Waals surface area contributed by atoms with Gasteiger partial charge in [0.15, 0.2) is 0 Å². The normalized spacial score (nSPS) is 43.5. The van der Waals surface area contributed by atoms with E-state index in [-0.39, 0.29) is 10.8 Å². The first-order chi connectivity index (χ1) is 5.56. The number of ketones is 1. The van der Waals surface area contributed by atoms with Crippen molar-refractivity contribution >= 4 is 5.78 Å². The summed E-state index contributed by atoms with van der Waals surface area (Å²) in [6, 6.07) is 0. The predicted molar refractivity (Wildman–Crippen MR) is 48.8 cm³/mol. The van der Waals surface area contributed by atoms with Gasteiger partial charge in [-0.25, -0.2) is 0 Å². The van der Waals surface area contributed by atoms with Crippen molar-refractivity contribution in [3.8, 4) is 0 Å². The molecule has 1 nitrogen and oxygen atoms in total. The Bertz CT molecular complexity index is 252. The minimum absolute atomic E-state index is 0.157. The first kappa shape index (κ1) is 8.03. The van der Waals surface area contributed by atoms with E-state index < -0.39 is 0 Å². The van der Waals surface area contributed by atoms with Gasteiger partial charge in [-0.3, -0.25) is 4.79 Å². The maximum Gasteiger partial charge on any atom is 0.146 e. The molecule has 0 heterocycles. The Balaban J connectivity index is 2.43. The van der Waals surface area contributed by atoms with E-state index in [9.17, 15) is 4.79 Å². The number of carbonyl (C=O) groups excluding carboxylic acids is 1. The molecule has 1 heteroatoms. The molecule has 3 rings (SSSR count). The fourth-order valence-corrected chi connectivity index (χ4v) is 3.18. The maximum atomic E-state index is 11.7. The molecule has 0 aromatic heterocycles. The van der Waals surface area contributed by atoms with E-state index in [4.69, 9.17) is 0 Å². The molecule has 0 N–H and O–H groups in total. The smallest absolute Gasteiger partial charge is 0.146 e. The number of allylic oxidation sites excluding steroid dienone is 1. The summed E-state index contributed by atoms with van der Waals surface area (Å²) in [5.74, 6) is 0.776. The fraction of sp³-hybridized carbons (Fsp3) is 0.727. The van der Waals surface area contributed by atoms with Crippen molar-refractivity contribution in [1.82, 2.24) is 0 Å². The van der Waals surface area contributed by atoms with Gasteiger partial charge in [0.1, 0.15) is 5.78 Å². The van der Waals surface area contributed by atoms with E-state index in [1.165, 1.54) is 6.42 Å². The van der Waals surface area contributed by atoms with Gasteiger partial charge in [-0.05, 0) is 18.3 Å². The van der Waals surface area contributed by atoms with Gasteiger partial charge in [0.05, 0.1) is 5.41 Å². The number of rotatable bonds is 1. The average molecular weight is 164 g/mol. The zero-order valence-electron chi connectivity index (χ0n) is 7.89. The van der Waals surface area contributed by atoms with E-state index in [1.54, 1.807) is 0 Å². The van der Waals surface area contributed by atoms with Crippen LogP contribution in [0.15, 0.2) is 12.7 Å². The Labute approximate surface area is 73.8 Å². The molecule has 0 spiro atoms. The van der Waals surface area contributed by atoms with Crippen LogP contribution >= 0.6 is 0 Å². The number of hydrogen-bond donors (Lipinski definition) is 0. The molecule has 0 aliphatic heterocycles. The molecule has 0 aromatic rings. The summed E-state index contributed by atoms with van der Waals surface area (Å²) < 4.78 is 0. The van der Waals surface area contributed by atoms with Crippen LogP contribution in [0.2, 0.25) is 0 Å². The minimum atomic E-state index is -0.157. The molecule has 66 valence electrons. The Morgan fingerprint density at radius 3 is 2.58 bits per heavy atom. The molecule has 2 bridgehead atoms. The second-order valence-electron chi connectivity index (χ2n) is 4.71. The molecule has 0 saturated heterocycles. The Morgan fingerprint density at radius 2 is 2.25 bits per heavy atom.